The summed E-state index contributed by atoms with van der Waals surface area (Å²) in [6.45, 7) is 27.8. The standard InChI is InChI=1S/C29H43N5O11.C6H14.C4H10N2O.2C2H6/c1-15(2)25(33-16(3)4)27(39)32-13-23(37)34-20-7-6-18(14-43-17(5)35)10-21(20)44-24-12-19(36)11-22(45-24)26(38)30-8-9-31-28(40)29(41)42;1-5-6(2,3)4;1-2-3-6-4(5)7;2*1-2/h6-7,10,15-16,19,22,24-25,33,36H,8-9,11-14H2,1-5H3,(H,30,38)(H,31,40)(H,32,39)(H,34,37)(H,41,42);5H2,1-4H3;2-3H2,1H3,(H3,5,6,7);2*1-2H3. The number of nitrogens with two attached hydrogens (primary N) is 1. The lowest BCUT2D eigenvalue weighted by Crippen LogP contribution is -2.51. The van der Waals surface area contributed by atoms with Crippen LogP contribution in [-0.2, 0) is 44.8 Å². The monoisotopic (exact) mass is 886 g/mol. The molecule has 1 aliphatic rings. The fourth-order valence-corrected chi connectivity index (χ4v) is 4.49. The zero-order valence-corrected chi connectivity index (χ0v) is 39.6. The van der Waals surface area contributed by atoms with Crippen LogP contribution < -0.4 is 42.4 Å². The molecule has 1 aromatic rings. The van der Waals surface area contributed by atoms with E-state index in [1.807, 2.05) is 62.3 Å². The van der Waals surface area contributed by atoms with Gasteiger partial charge in [-0.25, -0.2) is 9.59 Å². The summed E-state index contributed by atoms with van der Waals surface area (Å²) < 4.78 is 16.8. The molecule has 4 atom stereocenters. The van der Waals surface area contributed by atoms with Gasteiger partial charge in [-0.05, 0) is 35.4 Å². The summed E-state index contributed by atoms with van der Waals surface area (Å²) in [5, 5.41) is 34.5. The van der Waals surface area contributed by atoms with Crippen molar-refractivity contribution in [2.24, 2.45) is 17.1 Å². The van der Waals surface area contributed by atoms with E-state index in [2.05, 4.69) is 59.6 Å². The van der Waals surface area contributed by atoms with Gasteiger partial charge in [0.2, 0.25) is 24.0 Å². The van der Waals surface area contributed by atoms with Gasteiger partial charge in [0.1, 0.15) is 18.5 Å². The number of anilines is 1. The zero-order valence-electron chi connectivity index (χ0n) is 39.6. The highest BCUT2D eigenvalue weighted by molar-refractivity contribution is 6.31. The number of carbonyl (C=O) groups is 7. The summed E-state index contributed by atoms with van der Waals surface area (Å²) in [5.74, 6) is -4.81. The van der Waals surface area contributed by atoms with Gasteiger partial charge in [-0.15, -0.1) is 0 Å². The largest absolute Gasteiger partial charge is 0.474 e. The maximum atomic E-state index is 12.8. The van der Waals surface area contributed by atoms with Crippen LogP contribution in [0.3, 0.4) is 0 Å². The predicted molar refractivity (Wildman–Crippen MR) is 239 cm³/mol. The van der Waals surface area contributed by atoms with E-state index < -0.39 is 60.2 Å². The second-order valence-corrected chi connectivity index (χ2v) is 15.3. The Morgan fingerprint density at radius 1 is 0.887 bits per heavy atom. The number of ether oxygens (including phenoxy) is 3. The van der Waals surface area contributed by atoms with E-state index in [-0.39, 0.29) is 68.4 Å². The zero-order chi connectivity index (χ0) is 48.6. The number of amides is 6. The molecule has 1 saturated heterocycles. The van der Waals surface area contributed by atoms with Crippen LogP contribution >= 0.6 is 0 Å². The number of carboxylic acid groups (broad SMARTS) is 1. The second-order valence-electron chi connectivity index (χ2n) is 15.3. The summed E-state index contributed by atoms with van der Waals surface area (Å²) in [6.07, 6.45) is -1.13. The smallest absolute Gasteiger partial charge is 0.394 e. The maximum Gasteiger partial charge on any atom is 0.394 e. The molecule has 62 heavy (non-hydrogen) atoms. The van der Waals surface area contributed by atoms with Gasteiger partial charge in [0.05, 0.1) is 24.4 Å². The lowest BCUT2D eigenvalue weighted by atomic mass is 9.94. The molecule has 1 heterocycles. The van der Waals surface area contributed by atoms with Gasteiger partial charge >= 0.3 is 23.9 Å². The van der Waals surface area contributed by atoms with Crippen molar-refractivity contribution >= 4 is 47.3 Å². The summed E-state index contributed by atoms with van der Waals surface area (Å²) in [6, 6.07) is 3.73. The summed E-state index contributed by atoms with van der Waals surface area (Å²) in [4.78, 5) is 81.0. The van der Waals surface area contributed by atoms with Crippen molar-refractivity contribution in [3.63, 3.8) is 0 Å². The highest BCUT2D eigenvalue weighted by Gasteiger charge is 2.34. The van der Waals surface area contributed by atoms with Gasteiger partial charge in [0, 0.05) is 45.4 Å². The first kappa shape index (κ1) is 61.3. The van der Waals surface area contributed by atoms with Crippen LogP contribution in [0.1, 0.15) is 128 Å². The Bertz CT molecular complexity index is 1490. The molecule has 10 N–H and O–H groups in total. The molecule has 0 aliphatic carbocycles. The van der Waals surface area contributed by atoms with Crippen molar-refractivity contribution in [2.75, 3.05) is 31.5 Å². The van der Waals surface area contributed by atoms with Gasteiger partial charge < -0.3 is 62.1 Å². The number of benzene rings is 1. The summed E-state index contributed by atoms with van der Waals surface area (Å²) in [5.41, 5.74) is 5.98. The van der Waals surface area contributed by atoms with Gasteiger partial charge in [-0.3, -0.25) is 24.0 Å². The SMILES string of the molecule is CC.CC.CC(=O)OCc1ccc(NC(=O)CNC(=O)C(NC(C)C)C(C)C)c(OC2CC(O)CC(C(=O)NCCNC(=O)C(=O)O)O2)c1.CCC(C)(C)C.CCCNC(N)=O. The molecule has 0 radical (unpaired) electrons. The fraction of sp³-hybridized carbons (Fsp3) is 0.698. The van der Waals surface area contributed by atoms with E-state index in [1.165, 1.54) is 25.5 Å². The number of esters is 1. The Kier molecular flexibility index (Phi) is 34.2. The number of rotatable bonds is 17. The van der Waals surface area contributed by atoms with Crippen LogP contribution in [0.4, 0.5) is 10.5 Å². The number of aliphatic carboxylic acids is 1. The van der Waals surface area contributed by atoms with Crippen LogP contribution in [0.25, 0.3) is 0 Å². The lowest BCUT2D eigenvalue weighted by molar-refractivity contribution is -0.184. The number of hydrogen-bond donors (Lipinski definition) is 9. The number of nitrogens with one attached hydrogen (secondary N) is 6. The van der Waals surface area contributed by atoms with Gasteiger partial charge in [-0.1, -0.05) is 102 Å². The van der Waals surface area contributed by atoms with Crippen molar-refractivity contribution in [3.05, 3.63) is 23.8 Å². The van der Waals surface area contributed by atoms with Crippen molar-refractivity contribution < 1.29 is 58.0 Å². The van der Waals surface area contributed by atoms with E-state index in [0.29, 0.717) is 17.5 Å². The number of aliphatic hydroxyl groups is 1. The van der Waals surface area contributed by atoms with E-state index in [9.17, 15) is 38.7 Å². The Balaban J connectivity index is -0.00000173. The quantitative estimate of drug-likeness (QED) is 0.0610. The van der Waals surface area contributed by atoms with Gasteiger partial charge in [0.15, 0.2) is 0 Å². The molecule has 6 amide bonds. The maximum absolute atomic E-state index is 12.8. The minimum Gasteiger partial charge on any atom is -0.474 e. The van der Waals surface area contributed by atoms with E-state index in [1.54, 1.807) is 6.07 Å². The van der Waals surface area contributed by atoms with Crippen LogP contribution in [-0.4, -0.2) is 109 Å². The second kappa shape index (κ2) is 34.6. The molecule has 19 nitrogen and oxygen atoms in total. The average Bonchev–Trinajstić information content (AvgIpc) is 3.20. The molecule has 0 saturated carbocycles. The number of aliphatic hydroxyl groups excluding tert-OH is 1. The number of carbonyl (C=O) groups excluding carboxylic acids is 6. The molecule has 0 spiro atoms. The fourth-order valence-electron chi connectivity index (χ4n) is 4.49. The molecular weight excluding hydrogens is 807 g/mol. The molecule has 0 bridgehead atoms. The van der Waals surface area contributed by atoms with Gasteiger partial charge in [-0.2, -0.15) is 0 Å². The van der Waals surface area contributed by atoms with Gasteiger partial charge in [0.25, 0.3) is 0 Å². The molecule has 19 heteroatoms. The third-order valence-electron chi connectivity index (χ3n) is 7.98. The van der Waals surface area contributed by atoms with Crippen LogP contribution in [0.15, 0.2) is 18.2 Å². The first-order valence-corrected chi connectivity index (χ1v) is 21.4. The minimum atomic E-state index is -1.66. The summed E-state index contributed by atoms with van der Waals surface area (Å²) in [7, 11) is 0. The Labute approximate surface area is 369 Å². The van der Waals surface area contributed by atoms with E-state index in [4.69, 9.17) is 25.1 Å². The lowest BCUT2D eigenvalue weighted by Gasteiger charge is -2.33. The first-order valence-electron chi connectivity index (χ1n) is 21.4. The van der Waals surface area contributed by atoms with E-state index >= 15 is 0 Å². The van der Waals surface area contributed by atoms with Crippen molar-refractivity contribution in [3.8, 4) is 5.75 Å². The Hall–Kier alpha value is -5.01. The van der Waals surface area contributed by atoms with Crippen LogP contribution in [0, 0.1) is 11.3 Å². The summed E-state index contributed by atoms with van der Waals surface area (Å²) >= 11 is 0. The molecule has 1 aromatic carbocycles. The predicted octanol–water partition coefficient (Wildman–Crippen LogP) is 3.95. The van der Waals surface area contributed by atoms with Crippen LogP contribution in [0.5, 0.6) is 5.75 Å². The minimum absolute atomic E-state index is 0.0183. The molecule has 4 unspecified atom stereocenters. The van der Waals surface area contributed by atoms with Crippen molar-refractivity contribution in [2.45, 2.75) is 160 Å². The molecule has 1 fully saturated rings. The van der Waals surface area contributed by atoms with E-state index in [0.717, 1.165) is 6.42 Å². The third kappa shape index (κ3) is 30.9. The third-order valence-corrected chi connectivity index (χ3v) is 7.98. The van der Waals surface area contributed by atoms with Crippen LogP contribution in [0.2, 0.25) is 0 Å². The van der Waals surface area contributed by atoms with Crippen molar-refractivity contribution in [1.29, 1.82) is 0 Å². The number of primary amides is 1. The topological polar surface area (TPSA) is 286 Å². The molecule has 2 rings (SSSR count). The Morgan fingerprint density at radius 3 is 1.94 bits per heavy atom. The number of carboxylic acids is 1. The average molecular weight is 886 g/mol. The van der Waals surface area contributed by atoms with Crippen molar-refractivity contribution in [1.82, 2.24) is 26.6 Å². The highest BCUT2D eigenvalue weighted by Crippen LogP contribution is 2.31. The molecular formula is C43H79N7O12. The Morgan fingerprint density at radius 2 is 1.47 bits per heavy atom. The first-order chi connectivity index (χ1) is 29.0. The molecule has 0 aromatic heterocycles. The molecule has 1 aliphatic heterocycles. The number of urea groups is 1. The molecule has 358 valence electrons. The number of hydrogen-bond acceptors (Lipinski definition) is 12. The highest BCUT2D eigenvalue weighted by atomic mass is 16.7. The normalized spacial score (nSPS) is 15.7.